The number of carbonyl (C=O) groups is 1. The summed E-state index contributed by atoms with van der Waals surface area (Å²) in [7, 11) is 1.28. The van der Waals surface area contributed by atoms with Crippen molar-refractivity contribution in [1.82, 2.24) is 0 Å². The summed E-state index contributed by atoms with van der Waals surface area (Å²) >= 11 is 0. The molecule has 1 aliphatic carbocycles. The smallest absolute Gasteiger partial charge is 0.306 e. The third-order valence-corrected chi connectivity index (χ3v) is 16.1. The molecular weight excluding hydrogens is 388 g/mol. The number of carbonyl (C=O) groups excluding carboxylic acids is 1. The number of methoxy groups -OCH3 is 2. The van der Waals surface area contributed by atoms with E-state index in [0.717, 1.165) is 12.2 Å². The number of hydrogen-bond acceptors (Lipinski definition) is 3. The second-order valence-electron chi connectivity index (χ2n) is 9.90. The van der Waals surface area contributed by atoms with Crippen LogP contribution in [0.15, 0.2) is 48.5 Å². The third-order valence-electron chi connectivity index (χ3n) is 8.41. The zero-order chi connectivity index (χ0) is 21.7. The predicted molar refractivity (Wildman–Crippen MR) is 124 cm³/mol. The van der Waals surface area contributed by atoms with Crippen molar-refractivity contribution in [2.24, 2.45) is 0 Å². The monoisotopic (exact) mass is 422 g/mol. The quantitative estimate of drug-likeness (QED) is 0.422. The van der Waals surface area contributed by atoms with Gasteiger partial charge < -0.3 is 9.47 Å². The first-order valence-corrected chi connectivity index (χ1v) is 13.4. The topological polar surface area (TPSA) is 35.5 Å². The molecule has 2 aromatic carbocycles. The molecule has 0 N–H and O–H groups in total. The van der Waals surface area contributed by atoms with Gasteiger partial charge in [0.05, 0.1) is 28.7 Å². The van der Waals surface area contributed by atoms with Crippen molar-refractivity contribution < 1.29 is 14.3 Å². The van der Waals surface area contributed by atoms with Crippen molar-refractivity contribution in [2.75, 3.05) is 14.2 Å². The molecule has 1 aliphatic heterocycles. The lowest BCUT2D eigenvalue weighted by molar-refractivity contribution is -0.141. The lowest BCUT2D eigenvalue weighted by Gasteiger charge is -2.52. The number of fused-ring (bicyclic) bond motifs is 5. The van der Waals surface area contributed by atoms with Crippen LogP contribution in [0, 0.1) is 0 Å². The van der Waals surface area contributed by atoms with Crippen LogP contribution < -0.4 is 4.74 Å². The molecule has 0 aromatic heterocycles. The average molecular weight is 423 g/mol. The summed E-state index contributed by atoms with van der Waals surface area (Å²) in [6.45, 7) is 9.59. The number of ether oxygens (including phenoxy) is 2. The van der Waals surface area contributed by atoms with Crippen LogP contribution in [0.2, 0.25) is 17.1 Å². The van der Waals surface area contributed by atoms with Crippen LogP contribution >= 0.6 is 0 Å². The number of esters is 1. The van der Waals surface area contributed by atoms with Crippen molar-refractivity contribution in [3.8, 4) is 5.75 Å². The normalized spacial score (nSPS) is 26.1. The van der Waals surface area contributed by atoms with Crippen molar-refractivity contribution in [1.29, 1.82) is 0 Å². The van der Waals surface area contributed by atoms with Crippen LogP contribution in [0.5, 0.6) is 5.75 Å². The third kappa shape index (κ3) is 2.59. The Balaban J connectivity index is 2.07. The average Bonchev–Trinajstić information content (AvgIpc) is 3.22. The van der Waals surface area contributed by atoms with E-state index in [4.69, 9.17) is 9.47 Å². The van der Waals surface area contributed by atoms with Gasteiger partial charge in [0.25, 0.3) is 0 Å². The highest BCUT2D eigenvalue weighted by Gasteiger charge is 2.73. The van der Waals surface area contributed by atoms with Gasteiger partial charge in [0, 0.05) is 10.5 Å². The van der Waals surface area contributed by atoms with Gasteiger partial charge in [0.15, 0.2) is 0 Å². The largest absolute Gasteiger partial charge is 0.497 e. The maximum Gasteiger partial charge on any atom is 0.306 e. The van der Waals surface area contributed by atoms with E-state index in [0.29, 0.717) is 17.5 Å². The summed E-state index contributed by atoms with van der Waals surface area (Å²) in [4.78, 5) is 12.8. The second-order valence-corrected chi connectivity index (χ2v) is 15.6. The molecule has 2 atom stereocenters. The van der Waals surface area contributed by atoms with E-state index >= 15 is 0 Å². The van der Waals surface area contributed by atoms with Gasteiger partial charge in [-0.3, -0.25) is 4.79 Å². The van der Waals surface area contributed by atoms with Gasteiger partial charge in [-0.15, -0.1) is 0 Å². The van der Waals surface area contributed by atoms with Gasteiger partial charge in [0.2, 0.25) is 0 Å². The lowest BCUT2D eigenvalue weighted by atomic mass is 9.76. The molecule has 2 bridgehead atoms. The fourth-order valence-electron chi connectivity index (χ4n) is 7.35. The standard InChI is InChI=1S/C26H34O3Si/c1-18(2)30(19(3)4)17-25(20-10-8-7-9-11-20)16-26(30,15-24(27)29-6)22-13-12-21(28-5)14-23(22)25/h7-14,18-19H,15-17H2,1-6H3. The Morgan fingerprint density at radius 3 is 2.23 bits per heavy atom. The molecule has 3 nitrogen and oxygen atoms in total. The van der Waals surface area contributed by atoms with Crippen LogP contribution in [-0.2, 0) is 20.0 Å². The molecule has 4 rings (SSSR count). The van der Waals surface area contributed by atoms with E-state index in [1.807, 2.05) is 0 Å². The van der Waals surface area contributed by atoms with Crippen molar-refractivity contribution in [2.45, 2.75) is 68.1 Å². The van der Waals surface area contributed by atoms with E-state index in [9.17, 15) is 4.79 Å². The number of benzene rings is 2. The summed E-state index contributed by atoms with van der Waals surface area (Å²) < 4.78 is 10.9. The molecule has 160 valence electrons. The van der Waals surface area contributed by atoms with Crippen LogP contribution in [-0.4, -0.2) is 28.3 Å². The Morgan fingerprint density at radius 1 is 1.00 bits per heavy atom. The predicted octanol–water partition coefficient (Wildman–Crippen LogP) is 6.01. The fourth-order valence-corrected chi connectivity index (χ4v) is 15.4. The van der Waals surface area contributed by atoms with E-state index in [-0.39, 0.29) is 16.4 Å². The van der Waals surface area contributed by atoms with Crippen molar-refractivity contribution in [3.63, 3.8) is 0 Å². The fraction of sp³-hybridized carbons (Fsp3) is 0.500. The molecule has 2 aromatic rings. The molecule has 0 amide bonds. The summed E-state index contributed by atoms with van der Waals surface area (Å²) in [5.74, 6) is 0.812. The molecular formula is C26H34O3Si. The Labute approximate surface area is 181 Å². The SMILES string of the molecule is COC(=O)CC12CC(c3ccccc3)(C[Si]1(C(C)C)C(C)C)c1cc(OC)ccc12. The van der Waals surface area contributed by atoms with Gasteiger partial charge in [-0.05, 0) is 52.4 Å². The van der Waals surface area contributed by atoms with Crippen molar-refractivity contribution >= 4 is 14.0 Å². The first-order valence-electron chi connectivity index (χ1n) is 11.1. The van der Waals surface area contributed by atoms with E-state index in [1.165, 1.54) is 29.8 Å². The van der Waals surface area contributed by atoms with E-state index < -0.39 is 8.07 Å². The molecule has 30 heavy (non-hydrogen) atoms. The summed E-state index contributed by atoms with van der Waals surface area (Å²) in [5.41, 5.74) is 5.20. The summed E-state index contributed by atoms with van der Waals surface area (Å²) in [6, 6.07) is 18.7. The second kappa shape index (κ2) is 7.26. The Kier molecular flexibility index (Phi) is 5.12. The minimum atomic E-state index is -1.97. The minimum Gasteiger partial charge on any atom is -0.497 e. The summed E-state index contributed by atoms with van der Waals surface area (Å²) in [6.07, 6.45) is 1.49. The molecule has 4 heteroatoms. The van der Waals surface area contributed by atoms with Gasteiger partial charge >= 0.3 is 5.97 Å². The van der Waals surface area contributed by atoms with Crippen LogP contribution in [0.4, 0.5) is 0 Å². The van der Waals surface area contributed by atoms with Crippen LogP contribution in [0.1, 0.15) is 57.2 Å². The zero-order valence-corrected chi connectivity index (χ0v) is 20.1. The Bertz CT molecular complexity index is 944. The van der Waals surface area contributed by atoms with E-state index in [1.54, 1.807) is 7.11 Å². The van der Waals surface area contributed by atoms with Gasteiger partial charge in [0.1, 0.15) is 5.75 Å². The van der Waals surface area contributed by atoms with Crippen LogP contribution in [0.3, 0.4) is 0 Å². The zero-order valence-electron chi connectivity index (χ0n) is 19.1. The molecule has 1 saturated heterocycles. The molecule has 1 heterocycles. The molecule has 0 saturated carbocycles. The van der Waals surface area contributed by atoms with Crippen LogP contribution in [0.25, 0.3) is 0 Å². The highest BCUT2D eigenvalue weighted by molar-refractivity contribution is 6.86. The first kappa shape index (κ1) is 21.2. The minimum absolute atomic E-state index is 0.0556. The number of rotatable bonds is 6. The first-order chi connectivity index (χ1) is 14.3. The van der Waals surface area contributed by atoms with Gasteiger partial charge in [-0.25, -0.2) is 0 Å². The van der Waals surface area contributed by atoms with Gasteiger partial charge in [-0.2, -0.15) is 0 Å². The molecule has 0 spiro atoms. The Hall–Kier alpha value is -2.07. The van der Waals surface area contributed by atoms with Crippen molar-refractivity contribution in [3.05, 3.63) is 65.2 Å². The number of hydrogen-bond donors (Lipinski definition) is 0. The molecule has 0 radical (unpaired) electrons. The summed E-state index contributed by atoms with van der Waals surface area (Å²) in [5, 5.41) is -0.111. The highest BCUT2D eigenvalue weighted by Crippen LogP contribution is 2.72. The maximum absolute atomic E-state index is 12.8. The Morgan fingerprint density at radius 2 is 1.67 bits per heavy atom. The van der Waals surface area contributed by atoms with E-state index in [2.05, 4.69) is 76.2 Å². The molecule has 2 aliphatic rings. The molecule has 1 fully saturated rings. The lowest BCUT2D eigenvalue weighted by Crippen LogP contribution is -2.58. The molecule has 2 unspecified atom stereocenters. The highest BCUT2D eigenvalue weighted by atomic mass is 28.3. The maximum atomic E-state index is 12.8. The van der Waals surface area contributed by atoms with Gasteiger partial charge in [-0.1, -0.05) is 64.1 Å².